The number of benzene rings is 1. The van der Waals surface area contributed by atoms with Crippen molar-refractivity contribution in [2.45, 2.75) is 56.9 Å². The highest BCUT2D eigenvalue weighted by Crippen LogP contribution is 2.28. The molecular weight excluding hydrogens is 381 g/mol. The van der Waals surface area contributed by atoms with Crippen molar-refractivity contribution in [2.75, 3.05) is 19.6 Å². The first-order valence-corrected chi connectivity index (χ1v) is 10.6. The number of halogens is 1. The molecule has 6 nitrogen and oxygen atoms in total. The molecule has 2 aliphatic heterocycles. The zero-order valence-electron chi connectivity index (χ0n) is 17.8. The SMILES string of the molecule is C=C(C(N)CN1CC(N[C@@H](C)c2cccc(F)c2)CC1C=O)N1CC(C)CC1C#N. The summed E-state index contributed by atoms with van der Waals surface area (Å²) in [4.78, 5) is 15.8. The minimum Gasteiger partial charge on any atom is -0.358 e. The fraction of sp³-hybridized carbons (Fsp3) is 0.565. The number of hydrogen-bond acceptors (Lipinski definition) is 6. The van der Waals surface area contributed by atoms with Gasteiger partial charge in [-0.05, 0) is 43.4 Å². The van der Waals surface area contributed by atoms with Gasteiger partial charge in [-0.3, -0.25) is 4.90 Å². The lowest BCUT2D eigenvalue weighted by atomic mass is 10.1. The lowest BCUT2D eigenvalue weighted by molar-refractivity contribution is -0.111. The number of carbonyl (C=O) groups excluding carboxylic acids is 1. The summed E-state index contributed by atoms with van der Waals surface area (Å²) in [6.07, 6.45) is 2.48. The number of nitriles is 1. The van der Waals surface area contributed by atoms with Crippen LogP contribution in [0.15, 0.2) is 36.5 Å². The second kappa shape index (κ2) is 9.69. The molecule has 2 heterocycles. The van der Waals surface area contributed by atoms with Gasteiger partial charge in [-0.1, -0.05) is 25.6 Å². The summed E-state index contributed by atoms with van der Waals surface area (Å²) in [5.74, 6) is 0.183. The van der Waals surface area contributed by atoms with Gasteiger partial charge in [-0.25, -0.2) is 4.39 Å². The van der Waals surface area contributed by atoms with Crippen LogP contribution in [0, 0.1) is 23.1 Å². The molecule has 0 amide bonds. The van der Waals surface area contributed by atoms with Gasteiger partial charge < -0.3 is 20.7 Å². The van der Waals surface area contributed by atoms with E-state index >= 15 is 0 Å². The Morgan fingerprint density at radius 2 is 2.23 bits per heavy atom. The van der Waals surface area contributed by atoms with E-state index in [1.807, 2.05) is 17.9 Å². The van der Waals surface area contributed by atoms with Gasteiger partial charge in [-0.15, -0.1) is 0 Å². The third-order valence-corrected chi connectivity index (χ3v) is 6.33. The largest absolute Gasteiger partial charge is 0.358 e. The van der Waals surface area contributed by atoms with E-state index in [0.29, 0.717) is 25.4 Å². The fourth-order valence-electron chi connectivity index (χ4n) is 4.69. The molecule has 3 rings (SSSR count). The van der Waals surface area contributed by atoms with Gasteiger partial charge in [0.1, 0.15) is 18.1 Å². The molecule has 0 saturated carbocycles. The van der Waals surface area contributed by atoms with E-state index in [1.165, 1.54) is 12.1 Å². The van der Waals surface area contributed by atoms with Crippen molar-refractivity contribution in [3.8, 4) is 6.07 Å². The van der Waals surface area contributed by atoms with E-state index in [9.17, 15) is 14.4 Å². The van der Waals surface area contributed by atoms with Crippen molar-refractivity contribution in [1.82, 2.24) is 15.1 Å². The topological polar surface area (TPSA) is 85.4 Å². The summed E-state index contributed by atoms with van der Waals surface area (Å²) in [6.45, 7) is 10.3. The van der Waals surface area contributed by atoms with E-state index < -0.39 is 0 Å². The average Bonchev–Trinajstić information content (AvgIpc) is 3.29. The van der Waals surface area contributed by atoms with Crippen molar-refractivity contribution in [2.24, 2.45) is 11.7 Å². The Balaban J connectivity index is 1.59. The van der Waals surface area contributed by atoms with Crippen molar-refractivity contribution in [3.05, 3.63) is 47.9 Å². The summed E-state index contributed by atoms with van der Waals surface area (Å²) in [6, 6.07) is 8.26. The second-order valence-electron chi connectivity index (χ2n) is 8.77. The quantitative estimate of drug-likeness (QED) is 0.636. The van der Waals surface area contributed by atoms with E-state index in [1.54, 1.807) is 6.07 Å². The molecule has 0 spiro atoms. The Bertz CT molecular complexity index is 809. The van der Waals surface area contributed by atoms with Crippen LogP contribution in [0.4, 0.5) is 4.39 Å². The standard InChI is InChI=1S/C23H32FN5O/c1-15-7-21(10-25)29(11-15)17(3)23(26)13-28-12-20(9-22(28)14-30)27-16(2)18-5-4-6-19(24)8-18/h4-6,8,14-16,20-23,27H,3,7,9,11-13,26H2,1-2H3/t15?,16-,20?,21?,22?,23?/m0/s1. The Labute approximate surface area is 178 Å². The first kappa shape index (κ1) is 22.4. The maximum absolute atomic E-state index is 13.5. The van der Waals surface area contributed by atoms with Crippen molar-refractivity contribution >= 4 is 6.29 Å². The number of nitrogens with two attached hydrogens (primary N) is 1. The van der Waals surface area contributed by atoms with Gasteiger partial charge in [0.15, 0.2) is 0 Å². The molecule has 162 valence electrons. The molecule has 30 heavy (non-hydrogen) atoms. The van der Waals surface area contributed by atoms with Crippen molar-refractivity contribution in [3.63, 3.8) is 0 Å². The summed E-state index contributed by atoms with van der Waals surface area (Å²) in [5, 5.41) is 12.9. The van der Waals surface area contributed by atoms with Crippen molar-refractivity contribution < 1.29 is 9.18 Å². The van der Waals surface area contributed by atoms with Gasteiger partial charge in [0.25, 0.3) is 0 Å². The molecule has 1 aromatic carbocycles. The maximum atomic E-state index is 13.5. The molecule has 2 aliphatic rings. The molecule has 0 aromatic heterocycles. The Morgan fingerprint density at radius 1 is 1.47 bits per heavy atom. The smallest absolute Gasteiger partial charge is 0.137 e. The van der Waals surface area contributed by atoms with Crippen LogP contribution < -0.4 is 11.1 Å². The number of carbonyl (C=O) groups is 1. The maximum Gasteiger partial charge on any atom is 0.137 e. The number of rotatable bonds is 8. The van der Waals surface area contributed by atoms with Crippen LogP contribution in [0.25, 0.3) is 0 Å². The molecule has 1 aromatic rings. The lowest BCUT2D eigenvalue weighted by Gasteiger charge is -2.31. The molecule has 5 unspecified atom stereocenters. The first-order chi connectivity index (χ1) is 14.3. The predicted octanol–water partition coefficient (Wildman–Crippen LogP) is 2.19. The molecule has 3 N–H and O–H groups in total. The van der Waals surface area contributed by atoms with Gasteiger partial charge in [0.05, 0.1) is 18.2 Å². The molecule has 0 aliphatic carbocycles. The van der Waals surface area contributed by atoms with Gasteiger partial charge in [0, 0.05) is 37.4 Å². The number of aldehydes is 1. The number of hydrogen-bond donors (Lipinski definition) is 2. The van der Waals surface area contributed by atoms with Crippen LogP contribution in [0.1, 0.15) is 38.3 Å². The summed E-state index contributed by atoms with van der Waals surface area (Å²) in [7, 11) is 0. The Morgan fingerprint density at radius 3 is 2.90 bits per heavy atom. The molecular formula is C23H32FN5O. The first-order valence-electron chi connectivity index (χ1n) is 10.6. The Kier molecular flexibility index (Phi) is 7.24. The van der Waals surface area contributed by atoms with E-state index in [4.69, 9.17) is 5.73 Å². The third-order valence-electron chi connectivity index (χ3n) is 6.33. The minimum absolute atomic E-state index is 0.0240. The molecule has 2 saturated heterocycles. The van der Waals surface area contributed by atoms with Crippen LogP contribution >= 0.6 is 0 Å². The Hall–Kier alpha value is -2.27. The van der Waals surface area contributed by atoms with Crippen LogP contribution in [0.5, 0.6) is 0 Å². The van der Waals surface area contributed by atoms with Gasteiger partial charge >= 0.3 is 0 Å². The number of nitrogens with zero attached hydrogens (tertiary/aromatic N) is 3. The van der Waals surface area contributed by atoms with Crippen LogP contribution in [-0.2, 0) is 4.79 Å². The number of likely N-dealkylation sites (tertiary alicyclic amines) is 2. The fourth-order valence-corrected chi connectivity index (χ4v) is 4.69. The monoisotopic (exact) mass is 413 g/mol. The van der Waals surface area contributed by atoms with Crippen LogP contribution in [0.3, 0.4) is 0 Å². The van der Waals surface area contributed by atoms with Crippen LogP contribution in [0.2, 0.25) is 0 Å². The zero-order valence-corrected chi connectivity index (χ0v) is 17.8. The molecule has 0 bridgehead atoms. The van der Waals surface area contributed by atoms with Crippen molar-refractivity contribution in [1.29, 1.82) is 5.26 Å². The van der Waals surface area contributed by atoms with E-state index in [0.717, 1.165) is 30.5 Å². The molecule has 2 fully saturated rings. The molecule has 0 radical (unpaired) electrons. The highest BCUT2D eigenvalue weighted by molar-refractivity contribution is 5.58. The normalized spacial score (nSPS) is 28.8. The van der Waals surface area contributed by atoms with E-state index in [2.05, 4.69) is 29.8 Å². The summed E-state index contributed by atoms with van der Waals surface area (Å²) in [5.41, 5.74) is 8.09. The minimum atomic E-state index is -0.340. The highest BCUT2D eigenvalue weighted by atomic mass is 19.1. The predicted molar refractivity (Wildman–Crippen MR) is 115 cm³/mol. The molecule has 7 heteroatoms. The highest BCUT2D eigenvalue weighted by Gasteiger charge is 2.36. The van der Waals surface area contributed by atoms with Crippen LogP contribution in [-0.4, -0.2) is 59.9 Å². The van der Waals surface area contributed by atoms with E-state index in [-0.39, 0.29) is 36.0 Å². The molecule has 6 atom stereocenters. The van der Waals surface area contributed by atoms with Gasteiger partial charge in [-0.2, -0.15) is 5.26 Å². The van der Waals surface area contributed by atoms with Gasteiger partial charge in [0.2, 0.25) is 0 Å². The number of nitrogens with one attached hydrogen (secondary N) is 1. The third kappa shape index (κ3) is 5.07. The zero-order chi connectivity index (χ0) is 21.8. The summed E-state index contributed by atoms with van der Waals surface area (Å²) >= 11 is 0. The average molecular weight is 414 g/mol. The summed E-state index contributed by atoms with van der Waals surface area (Å²) < 4.78 is 13.5. The second-order valence-corrected chi connectivity index (χ2v) is 8.77. The lowest BCUT2D eigenvalue weighted by Crippen LogP contribution is -2.46.